The Labute approximate surface area is 86.4 Å². The van der Waals surface area contributed by atoms with Crippen molar-refractivity contribution in [3.63, 3.8) is 0 Å². The number of nitrogens with zero attached hydrogens (tertiary/aromatic N) is 1. The first-order valence-electron chi connectivity index (χ1n) is 5.59. The van der Waals surface area contributed by atoms with Crippen LogP contribution in [0.5, 0.6) is 0 Å². The molecular weight excluding hydrogens is 176 g/mol. The lowest BCUT2D eigenvalue weighted by Crippen LogP contribution is -2.30. The van der Waals surface area contributed by atoms with Crippen LogP contribution in [-0.2, 0) is 4.74 Å². The van der Waals surface area contributed by atoms with E-state index in [9.17, 15) is 0 Å². The summed E-state index contributed by atoms with van der Waals surface area (Å²) in [7, 11) is 0. The van der Waals surface area contributed by atoms with Crippen molar-refractivity contribution in [2.75, 3.05) is 26.3 Å². The van der Waals surface area contributed by atoms with Crippen molar-refractivity contribution in [1.29, 1.82) is 5.26 Å². The van der Waals surface area contributed by atoms with Crippen molar-refractivity contribution in [1.82, 2.24) is 5.32 Å². The van der Waals surface area contributed by atoms with Crippen molar-refractivity contribution in [2.24, 2.45) is 5.92 Å². The van der Waals surface area contributed by atoms with E-state index in [0.717, 1.165) is 45.1 Å². The first kappa shape index (κ1) is 11.5. The maximum Gasteiger partial charge on any atom is 0.0621 e. The van der Waals surface area contributed by atoms with Crippen LogP contribution in [0.1, 0.15) is 32.1 Å². The van der Waals surface area contributed by atoms with Crippen LogP contribution < -0.4 is 5.32 Å². The third kappa shape index (κ3) is 5.21. The van der Waals surface area contributed by atoms with Gasteiger partial charge >= 0.3 is 0 Å². The van der Waals surface area contributed by atoms with E-state index in [2.05, 4.69) is 11.4 Å². The predicted octanol–water partition coefficient (Wildman–Crippen LogP) is 1.70. The highest BCUT2D eigenvalue weighted by Gasteiger charge is 2.12. The summed E-state index contributed by atoms with van der Waals surface area (Å²) in [5, 5.41) is 11.7. The van der Waals surface area contributed by atoms with Crippen LogP contribution >= 0.6 is 0 Å². The van der Waals surface area contributed by atoms with Crippen LogP contribution in [0.25, 0.3) is 0 Å². The molecule has 3 nitrogen and oxygen atoms in total. The van der Waals surface area contributed by atoms with Gasteiger partial charge in [0, 0.05) is 19.6 Å². The van der Waals surface area contributed by atoms with Gasteiger partial charge in [0.2, 0.25) is 0 Å². The first-order chi connectivity index (χ1) is 6.93. The Morgan fingerprint density at radius 1 is 1.29 bits per heavy atom. The molecule has 1 aliphatic heterocycles. The number of unbranched alkanes of at least 4 members (excludes halogenated alkanes) is 2. The molecule has 0 aromatic rings. The van der Waals surface area contributed by atoms with E-state index in [1.165, 1.54) is 12.8 Å². The molecule has 1 heterocycles. The van der Waals surface area contributed by atoms with Gasteiger partial charge in [-0.1, -0.05) is 0 Å². The molecule has 0 saturated carbocycles. The summed E-state index contributed by atoms with van der Waals surface area (Å²) >= 11 is 0. The predicted molar refractivity (Wildman–Crippen MR) is 55.9 cm³/mol. The van der Waals surface area contributed by atoms with E-state index < -0.39 is 0 Å². The molecule has 0 spiro atoms. The fourth-order valence-corrected chi connectivity index (χ4v) is 1.71. The SMILES string of the molecule is N#CCCCCOCC1CCNCC1. The molecule has 0 atom stereocenters. The molecule has 3 heteroatoms. The lowest BCUT2D eigenvalue weighted by molar-refractivity contribution is 0.0854. The number of ether oxygens (including phenoxy) is 1. The second-order valence-corrected chi connectivity index (χ2v) is 3.88. The Balaban J connectivity index is 1.85. The van der Waals surface area contributed by atoms with Crippen molar-refractivity contribution >= 4 is 0 Å². The Bertz CT molecular complexity index is 171. The molecule has 0 amide bonds. The molecule has 0 aromatic carbocycles. The fraction of sp³-hybridized carbons (Fsp3) is 0.909. The summed E-state index contributed by atoms with van der Waals surface area (Å²) in [6, 6.07) is 2.14. The molecule has 1 aliphatic rings. The molecule has 0 unspecified atom stereocenters. The van der Waals surface area contributed by atoms with Crippen LogP contribution in [0, 0.1) is 17.2 Å². The van der Waals surface area contributed by atoms with Crippen molar-refractivity contribution in [2.45, 2.75) is 32.1 Å². The quantitative estimate of drug-likeness (QED) is 0.658. The average molecular weight is 196 g/mol. The molecule has 0 radical (unpaired) electrons. The lowest BCUT2D eigenvalue weighted by atomic mass is 9.99. The standard InChI is InChI=1S/C11H20N2O/c12-6-2-1-3-9-14-10-11-4-7-13-8-5-11/h11,13H,1-5,7-10H2. The number of nitrogens with one attached hydrogen (secondary N) is 1. The molecule has 1 saturated heterocycles. The normalized spacial score (nSPS) is 17.9. The van der Waals surface area contributed by atoms with Crippen LogP contribution in [-0.4, -0.2) is 26.3 Å². The summed E-state index contributed by atoms with van der Waals surface area (Å²) < 4.78 is 5.58. The molecule has 0 bridgehead atoms. The molecule has 14 heavy (non-hydrogen) atoms. The highest BCUT2D eigenvalue weighted by molar-refractivity contribution is 4.69. The molecule has 0 aromatic heterocycles. The zero-order chi connectivity index (χ0) is 10.1. The van der Waals surface area contributed by atoms with Crippen LogP contribution in [0.2, 0.25) is 0 Å². The third-order valence-electron chi connectivity index (χ3n) is 2.64. The van der Waals surface area contributed by atoms with Crippen LogP contribution in [0.15, 0.2) is 0 Å². The zero-order valence-electron chi connectivity index (χ0n) is 8.80. The van der Waals surface area contributed by atoms with E-state index in [0.29, 0.717) is 6.42 Å². The van der Waals surface area contributed by atoms with E-state index in [1.54, 1.807) is 0 Å². The summed E-state index contributed by atoms with van der Waals surface area (Å²) in [5.74, 6) is 0.757. The zero-order valence-corrected chi connectivity index (χ0v) is 8.80. The van der Waals surface area contributed by atoms with Gasteiger partial charge in [-0.25, -0.2) is 0 Å². The highest BCUT2D eigenvalue weighted by atomic mass is 16.5. The minimum Gasteiger partial charge on any atom is -0.381 e. The van der Waals surface area contributed by atoms with Crippen molar-refractivity contribution in [3.8, 4) is 6.07 Å². The first-order valence-corrected chi connectivity index (χ1v) is 5.59. The van der Waals surface area contributed by atoms with E-state index in [1.807, 2.05) is 0 Å². The molecule has 1 fully saturated rings. The minimum absolute atomic E-state index is 0.663. The van der Waals surface area contributed by atoms with Gasteiger partial charge in [0.05, 0.1) is 6.07 Å². The summed E-state index contributed by atoms with van der Waals surface area (Å²) in [6.07, 6.45) is 5.16. The maximum atomic E-state index is 8.33. The molecule has 0 aliphatic carbocycles. The van der Waals surface area contributed by atoms with Crippen LogP contribution in [0.4, 0.5) is 0 Å². The molecule has 80 valence electrons. The second-order valence-electron chi connectivity index (χ2n) is 3.88. The number of hydrogen-bond acceptors (Lipinski definition) is 3. The summed E-state index contributed by atoms with van der Waals surface area (Å²) in [4.78, 5) is 0. The number of nitriles is 1. The lowest BCUT2D eigenvalue weighted by Gasteiger charge is -2.22. The summed E-state index contributed by atoms with van der Waals surface area (Å²) in [5.41, 5.74) is 0. The van der Waals surface area contributed by atoms with Gasteiger partial charge in [0.1, 0.15) is 0 Å². The Morgan fingerprint density at radius 3 is 2.79 bits per heavy atom. The summed E-state index contributed by atoms with van der Waals surface area (Å²) in [6.45, 7) is 4.02. The van der Waals surface area contributed by atoms with Crippen molar-refractivity contribution in [3.05, 3.63) is 0 Å². The van der Waals surface area contributed by atoms with Gasteiger partial charge < -0.3 is 10.1 Å². The van der Waals surface area contributed by atoms with E-state index in [4.69, 9.17) is 10.00 Å². The highest BCUT2D eigenvalue weighted by Crippen LogP contribution is 2.11. The molecular formula is C11H20N2O. The Hall–Kier alpha value is -0.590. The Kier molecular flexibility index (Phi) is 6.38. The van der Waals surface area contributed by atoms with Gasteiger partial charge in [-0.3, -0.25) is 0 Å². The number of hydrogen-bond donors (Lipinski definition) is 1. The molecule has 1 N–H and O–H groups in total. The minimum atomic E-state index is 0.663. The van der Waals surface area contributed by atoms with E-state index >= 15 is 0 Å². The monoisotopic (exact) mass is 196 g/mol. The number of rotatable bonds is 6. The van der Waals surface area contributed by atoms with Gasteiger partial charge in [-0.2, -0.15) is 5.26 Å². The van der Waals surface area contributed by atoms with Gasteiger partial charge in [-0.15, -0.1) is 0 Å². The van der Waals surface area contributed by atoms with Gasteiger partial charge in [0.25, 0.3) is 0 Å². The smallest absolute Gasteiger partial charge is 0.0621 e. The van der Waals surface area contributed by atoms with E-state index in [-0.39, 0.29) is 0 Å². The third-order valence-corrected chi connectivity index (χ3v) is 2.64. The molecule has 1 rings (SSSR count). The van der Waals surface area contributed by atoms with Gasteiger partial charge in [-0.05, 0) is 44.7 Å². The average Bonchev–Trinajstić information content (AvgIpc) is 2.25. The van der Waals surface area contributed by atoms with Crippen molar-refractivity contribution < 1.29 is 4.74 Å². The Morgan fingerprint density at radius 2 is 2.07 bits per heavy atom. The fourth-order valence-electron chi connectivity index (χ4n) is 1.71. The number of piperidine rings is 1. The maximum absolute atomic E-state index is 8.33. The van der Waals surface area contributed by atoms with Crippen LogP contribution in [0.3, 0.4) is 0 Å². The largest absolute Gasteiger partial charge is 0.381 e. The topological polar surface area (TPSA) is 45.0 Å². The second kappa shape index (κ2) is 7.78. The van der Waals surface area contributed by atoms with Gasteiger partial charge in [0.15, 0.2) is 0 Å².